The molecule has 5 heteroatoms. The Labute approximate surface area is 108 Å². The number of aromatic nitrogens is 2. The predicted octanol–water partition coefficient (Wildman–Crippen LogP) is 2.82. The highest BCUT2D eigenvalue weighted by molar-refractivity contribution is 7.98. The van der Waals surface area contributed by atoms with Crippen molar-refractivity contribution in [3.8, 4) is 5.88 Å². The number of nitrogens with one attached hydrogen (secondary N) is 1. The monoisotopic (exact) mass is 255 g/mol. The summed E-state index contributed by atoms with van der Waals surface area (Å²) in [5, 5.41) is 3.21. The van der Waals surface area contributed by atoms with Crippen molar-refractivity contribution in [2.45, 2.75) is 26.2 Å². The summed E-state index contributed by atoms with van der Waals surface area (Å²) in [4.78, 5) is 8.40. The summed E-state index contributed by atoms with van der Waals surface area (Å²) in [7, 11) is 0. The molecular weight excluding hydrogens is 234 g/mol. The van der Waals surface area contributed by atoms with E-state index in [0.29, 0.717) is 18.4 Å². The Morgan fingerprint density at radius 3 is 3.00 bits per heavy atom. The van der Waals surface area contributed by atoms with Crippen LogP contribution in [0.15, 0.2) is 12.3 Å². The van der Waals surface area contributed by atoms with Crippen molar-refractivity contribution in [2.24, 2.45) is 0 Å². The van der Waals surface area contributed by atoms with Crippen LogP contribution in [0.3, 0.4) is 0 Å². The molecule has 0 radical (unpaired) electrons. The average molecular weight is 255 g/mol. The third kappa shape index (κ3) is 6.36. The maximum atomic E-state index is 5.31. The summed E-state index contributed by atoms with van der Waals surface area (Å²) in [6.07, 6.45) is 7.55. The fraction of sp³-hybridized carbons (Fsp3) is 0.667. The number of nitrogens with zero attached hydrogens (tertiary/aromatic N) is 2. The van der Waals surface area contributed by atoms with Gasteiger partial charge in [0.05, 0.1) is 6.61 Å². The van der Waals surface area contributed by atoms with E-state index < -0.39 is 0 Å². The van der Waals surface area contributed by atoms with Crippen LogP contribution in [0, 0.1) is 0 Å². The molecule has 0 atom stereocenters. The smallest absolute Gasteiger partial charge is 0.225 e. The maximum absolute atomic E-state index is 5.31. The van der Waals surface area contributed by atoms with Crippen LogP contribution < -0.4 is 10.1 Å². The summed E-state index contributed by atoms with van der Waals surface area (Å²) in [5.41, 5.74) is 0. The van der Waals surface area contributed by atoms with E-state index in [1.807, 2.05) is 18.7 Å². The molecule has 1 aromatic rings. The highest BCUT2D eigenvalue weighted by atomic mass is 32.2. The Balaban J connectivity index is 2.19. The molecule has 1 N–H and O–H groups in total. The lowest BCUT2D eigenvalue weighted by Crippen LogP contribution is -2.06. The van der Waals surface area contributed by atoms with Crippen LogP contribution in [0.5, 0.6) is 5.88 Å². The zero-order valence-electron chi connectivity index (χ0n) is 10.6. The van der Waals surface area contributed by atoms with E-state index in [0.717, 1.165) is 13.0 Å². The summed E-state index contributed by atoms with van der Waals surface area (Å²) < 4.78 is 5.31. The SMILES string of the molecule is CCOc1ccnc(NCCCCCSC)n1. The third-order valence-electron chi connectivity index (χ3n) is 2.23. The maximum Gasteiger partial charge on any atom is 0.225 e. The Kier molecular flexibility index (Phi) is 7.54. The van der Waals surface area contributed by atoms with Crippen LogP contribution >= 0.6 is 11.8 Å². The molecule has 0 spiro atoms. The quantitative estimate of drug-likeness (QED) is 0.688. The molecular formula is C12H21N3OS. The second kappa shape index (κ2) is 9.10. The lowest BCUT2D eigenvalue weighted by molar-refractivity contribution is 0.326. The van der Waals surface area contributed by atoms with E-state index in [2.05, 4.69) is 21.5 Å². The molecule has 0 bridgehead atoms. The van der Waals surface area contributed by atoms with Gasteiger partial charge in [0.15, 0.2) is 0 Å². The van der Waals surface area contributed by atoms with Crippen LogP contribution in [0.1, 0.15) is 26.2 Å². The first-order chi connectivity index (χ1) is 8.36. The fourth-order valence-electron chi connectivity index (χ4n) is 1.40. The lowest BCUT2D eigenvalue weighted by atomic mass is 10.2. The minimum Gasteiger partial charge on any atom is -0.478 e. The first-order valence-corrected chi connectivity index (χ1v) is 7.45. The van der Waals surface area contributed by atoms with Gasteiger partial charge >= 0.3 is 0 Å². The average Bonchev–Trinajstić information content (AvgIpc) is 2.35. The normalized spacial score (nSPS) is 10.2. The lowest BCUT2D eigenvalue weighted by Gasteiger charge is -2.06. The molecule has 4 nitrogen and oxygen atoms in total. The Morgan fingerprint density at radius 1 is 1.35 bits per heavy atom. The molecule has 96 valence electrons. The van der Waals surface area contributed by atoms with Gasteiger partial charge in [0.2, 0.25) is 11.8 Å². The minimum atomic E-state index is 0.630. The number of hydrogen-bond acceptors (Lipinski definition) is 5. The van der Waals surface area contributed by atoms with Crippen LogP contribution in [0.4, 0.5) is 5.95 Å². The van der Waals surface area contributed by atoms with Gasteiger partial charge in [0.1, 0.15) is 0 Å². The summed E-state index contributed by atoms with van der Waals surface area (Å²) in [5.74, 6) is 2.53. The number of rotatable bonds is 9. The molecule has 0 saturated heterocycles. The van der Waals surface area contributed by atoms with E-state index >= 15 is 0 Å². The highest BCUT2D eigenvalue weighted by Crippen LogP contribution is 2.08. The zero-order chi connectivity index (χ0) is 12.3. The Bertz CT molecular complexity index is 310. The van der Waals surface area contributed by atoms with Gasteiger partial charge in [0.25, 0.3) is 0 Å². The van der Waals surface area contributed by atoms with Crippen molar-refractivity contribution in [3.63, 3.8) is 0 Å². The van der Waals surface area contributed by atoms with Crippen molar-refractivity contribution in [3.05, 3.63) is 12.3 Å². The van der Waals surface area contributed by atoms with E-state index in [9.17, 15) is 0 Å². The molecule has 0 aromatic carbocycles. The molecule has 1 rings (SSSR count). The number of unbranched alkanes of at least 4 members (excludes halogenated alkanes) is 2. The number of anilines is 1. The molecule has 0 unspecified atom stereocenters. The van der Waals surface area contributed by atoms with Gasteiger partial charge in [-0.15, -0.1) is 0 Å². The molecule has 0 saturated carbocycles. The predicted molar refractivity (Wildman–Crippen MR) is 73.9 cm³/mol. The van der Waals surface area contributed by atoms with Crippen LogP contribution in [-0.4, -0.2) is 35.1 Å². The molecule has 0 aliphatic carbocycles. The van der Waals surface area contributed by atoms with Crippen LogP contribution in [0.2, 0.25) is 0 Å². The minimum absolute atomic E-state index is 0.630. The van der Waals surface area contributed by atoms with Gasteiger partial charge < -0.3 is 10.1 Å². The molecule has 0 amide bonds. The first-order valence-electron chi connectivity index (χ1n) is 6.05. The molecule has 1 heterocycles. The summed E-state index contributed by atoms with van der Waals surface area (Å²) >= 11 is 1.90. The standard InChI is InChI=1S/C12H21N3OS/c1-3-16-11-7-9-14-12(15-11)13-8-5-4-6-10-17-2/h7,9H,3-6,8,10H2,1-2H3,(H,13,14,15). The number of thioether (sulfide) groups is 1. The van der Waals surface area contributed by atoms with E-state index in [1.54, 1.807) is 12.3 Å². The van der Waals surface area contributed by atoms with E-state index in [-0.39, 0.29) is 0 Å². The summed E-state index contributed by atoms with van der Waals surface area (Å²) in [6, 6.07) is 1.77. The Morgan fingerprint density at radius 2 is 2.24 bits per heavy atom. The fourth-order valence-corrected chi connectivity index (χ4v) is 1.90. The molecule has 0 aliphatic heterocycles. The summed E-state index contributed by atoms with van der Waals surface area (Å²) in [6.45, 7) is 3.50. The third-order valence-corrected chi connectivity index (χ3v) is 2.93. The van der Waals surface area contributed by atoms with E-state index in [4.69, 9.17) is 4.74 Å². The first kappa shape index (κ1) is 14.1. The van der Waals surface area contributed by atoms with Gasteiger partial charge in [-0.25, -0.2) is 4.98 Å². The topological polar surface area (TPSA) is 47.0 Å². The zero-order valence-corrected chi connectivity index (χ0v) is 11.4. The second-order valence-corrected chi connectivity index (χ2v) is 4.62. The van der Waals surface area contributed by atoms with Crippen molar-refractivity contribution >= 4 is 17.7 Å². The van der Waals surface area contributed by atoms with Gasteiger partial charge in [-0.1, -0.05) is 6.42 Å². The van der Waals surface area contributed by atoms with Crippen molar-refractivity contribution in [1.29, 1.82) is 0 Å². The van der Waals surface area contributed by atoms with Crippen molar-refractivity contribution < 1.29 is 4.74 Å². The van der Waals surface area contributed by atoms with Gasteiger partial charge in [-0.05, 0) is 31.8 Å². The Hall–Kier alpha value is -0.970. The van der Waals surface area contributed by atoms with E-state index in [1.165, 1.54) is 18.6 Å². The highest BCUT2D eigenvalue weighted by Gasteiger charge is 1.98. The van der Waals surface area contributed by atoms with Crippen molar-refractivity contribution in [1.82, 2.24) is 9.97 Å². The second-order valence-electron chi connectivity index (χ2n) is 3.63. The van der Waals surface area contributed by atoms with Crippen LogP contribution in [0.25, 0.3) is 0 Å². The molecule has 0 fully saturated rings. The largest absolute Gasteiger partial charge is 0.478 e. The molecule has 17 heavy (non-hydrogen) atoms. The van der Waals surface area contributed by atoms with Crippen molar-refractivity contribution in [2.75, 3.05) is 30.5 Å². The van der Waals surface area contributed by atoms with Gasteiger partial charge in [0, 0.05) is 18.8 Å². The van der Waals surface area contributed by atoms with Gasteiger partial charge in [-0.2, -0.15) is 16.7 Å². The molecule has 1 aromatic heterocycles. The number of ether oxygens (including phenoxy) is 1. The van der Waals surface area contributed by atoms with Gasteiger partial charge in [-0.3, -0.25) is 0 Å². The van der Waals surface area contributed by atoms with Crippen LogP contribution in [-0.2, 0) is 0 Å². The number of hydrogen-bond donors (Lipinski definition) is 1. The molecule has 0 aliphatic rings.